The van der Waals surface area contributed by atoms with Gasteiger partial charge in [0, 0.05) is 30.8 Å². The Morgan fingerprint density at radius 2 is 1.95 bits per heavy atom. The van der Waals surface area contributed by atoms with Crippen LogP contribution >= 0.6 is 0 Å². The highest BCUT2D eigenvalue weighted by Crippen LogP contribution is 2.65. The number of furan rings is 1. The molecule has 10 heteroatoms. The van der Waals surface area contributed by atoms with Gasteiger partial charge in [0.25, 0.3) is 0 Å². The summed E-state index contributed by atoms with van der Waals surface area (Å²) >= 11 is 0. The lowest BCUT2D eigenvalue weighted by molar-refractivity contribution is -0.164. The summed E-state index contributed by atoms with van der Waals surface area (Å²) in [5.41, 5.74) is 1.29. The van der Waals surface area contributed by atoms with E-state index in [1.807, 2.05) is 19.1 Å². The quantitative estimate of drug-likeness (QED) is 0.423. The number of carbonyl (C=O) groups is 1. The zero-order valence-electron chi connectivity index (χ0n) is 24.5. The highest BCUT2D eigenvalue weighted by Gasteiger charge is 2.73. The first-order valence-corrected chi connectivity index (χ1v) is 16.2. The van der Waals surface area contributed by atoms with E-state index in [2.05, 4.69) is 0 Å². The summed E-state index contributed by atoms with van der Waals surface area (Å²) in [4.78, 5) is 15.4. The molecule has 2 aliphatic carbocycles. The van der Waals surface area contributed by atoms with Crippen LogP contribution in [0.5, 0.6) is 11.5 Å². The molecule has 2 aromatic carbocycles. The second kappa shape index (κ2) is 9.97. The number of amides is 1. The van der Waals surface area contributed by atoms with Crippen LogP contribution in [0.4, 0.5) is 0 Å². The molecule has 1 saturated carbocycles. The van der Waals surface area contributed by atoms with E-state index in [9.17, 15) is 18.3 Å². The third-order valence-electron chi connectivity index (χ3n) is 10.2. The SMILES string of the molecule is COc1ccc2c3c1O[C@H]1[C@H](N(C)C(=O)/C=C\c4ccoc4)CC[C@@]4(O)[C@@H](C2)N(S(=O)(=O)c2ccc(C)cc2)CCC[C@]314. The van der Waals surface area contributed by atoms with Crippen molar-refractivity contribution in [3.8, 4) is 11.5 Å². The predicted molar refractivity (Wildman–Crippen MR) is 159 cm³/mol. The summed E-state index contributed by atoms with van der Waals surface area (Å²) in [6.07, 6.45) is 7.94. The van der Waals surface area contributed by atoms with Gasteiger partial charge in [0.1, 0.15) is 6.10 Å². The number of nitrogens with zero attached hydrogens (tertiary/aromatic N) is 2. The topological polar surface area (TPSA) is 110 Å². The number of likely N-dealkylation sites (N-methyl/N-ethyl adjacent to an activating group) is 1. The van der Waals surface area contributed by atoms with Crippen LogP contribution in [0.3, 0.4) is 0 Å². The van der Waals surface area contributed by atoms with Crippen molar-refractivity contribution < 1.29 is 32.2 Å². The molecule has 4 aliphatic rings. The number of aliphatic hydroxyl groups is 1. The first-order valence-electron chi connectivity index (χ1n) is 14.8. The van der Waals surface area contributed by atoms with Gasteiger partial charge in [0.2, 0.25) is 15.9 Å². The van der Waals surface area contributed by atoms with Crippen molar-refractivity contribution in [1.29, 1.82) is 0 Å². The smallest absolute Gasteiger partial charge is 0.246 e. The summed E-state index contributed by atoms with van der Waals surface area (Å²) in [5, 5.41) is 13.0. The standard InChI is InChI=1S/C33H36N2O7S/c1-21-5-9-24(10-6-21)43(38,39)35-17-4-15-32-29-23-8-11-26(40-3)30(29)42-31(32)25(13-16-33(32,37)27(35)19-23)34(2)28(36)12-7-22-14-18-41-20-22/h5-12,14,18,20,25,27,31,37H,4,13,15-17,19H2,1-3H3/b12-7-/t25-,27-,31+,32+,33-/m1/s1. The summed E-state index contributed by atoms with van der Waals surface area (Å²) < 4.78 is 47.6. The van der Waals surface area contributed by atoms with E-state index in [1.54, 1.807) is 68.0 Å². The van der Waals surface area contributed by atoms with Crippen molar-refractivity contribution in [3.05, 3.63) is 83.3 Å². The van der Waals surface area contributed by atoms with Crippen LogP contribution in [0.15, 0.2) is 70.4 Å². The molecule has 2 aliphatic heterocycles. The molecule has 1 saturated heterocycles. The summed E-state index contributed by atoms with van der Waals surface area (Å²) in [5.74, 6) is 0.979. The van der Waals surface area contributed by atoms with Gasteiger partial charge in [0.05, 0.1) is 47.6 Å². The number of rotatable bonds is 6. The normalized spacial score (nSPS) is 29.5. The fourth-order valence-corrected chi connectivity index (χ4v) is 9.91. The van der Waals surface area contributed by atoms with Crippen LogP contribution in [0, 0.1) is 6.92 Å². The summed E-state index contributed by atoms with van der Waals surface area (Å²) in [7, 11) is -0.546. The van der Waals surface area contributed by atoms with Gasteiger partial charge >= 0.3 is 0 Å². The van der Waals surface area contributed by atoms with Gasteiger partial charge in [-0.3, -0.25) is 4.79 Å². The van der Waals surface area contributed by atoms with Crippen molar-refractivity contribution >= 4 is 22.0 Å². The fraction of sp³-hybridized carbons (Fsp3) is 0.424. The van der Waals surface area contributed by atoms with E-state index in [-0.39, 0.29) is 23.4 Å². The van der Waals surface area contributed by atoms with E-state index in [0.717, 1.165) is 22.3 Å². The molecule has 1 amide bonds. The predicted octanol–water partition coefficient (Wildman–Crippen LogP) is 4.07. The first-order chi connectivity index (χ1) is 20.6. The van der Waals surface area contributed by atoms with E-state index in [1.165, 1.54) is 10.4 Å². The number of aryl methyl sites for hydroxylation is 1. The molecule has 1 spiro atoms. The average molecular weight is 605 g/mol. The van der Waals surface area contributed by atoms with Crippen molar-refractivity contribution in [2.45, 2.75) is 73.1 Å². The second-order valence-corrected chi connectivity index (χ2v) is 14.2. The maximum atomic E-state index is 14.2. The Balaban J connectivity index is 1.34. The van der Waals surface area contributed by atoms with Crippen LogP contribution in [-0.4, -0.2) is 73.1 Å². The van der Waals surface area contributed by atoms with E-state index in [4.69, 9.17) is 13.9 Å². The Bertz CT molecular complexity index is 1700. The number of carbonyl (C=O) groups excluding carboxylic acids is 1. The van der Waals surface area contributed by atoms with Gasteiger partial charge in [-0.1, -0.05) is 23.8 Å². The Hall–Kier alpha value is -3.60. The molecule has 0 radical (unpaired) electrons. The largest absolute Gasteiger partial charge is 0.493 e. The van der Waals surface area contributed by atoms with E-state index >= 15 is 0 Å². The Morgan fingerprint density at radius 3 is 2.67 bits per heavy atom. The number of hydrogen-bond donors (Lipinski definition) is 1. The molecule has 1 aromatic heterocycles. The first kappa shape index (κ1) is 28.2. The molecule has 3 aromatic rings. The van der Waals surface area contributed by atoms with Gasteiger partial charge in [-0.15, -0.1) is 0 Å². The molecule has 2 fully saturated rings. The van der Waals surface area contributed by atoms with Crippen LogP contribution in [0.25, 0.3) is 6.08 Å². The number of ether oxygens (including phenoxy) is 2. The molecule has 1 N–H and O–H groups in total. The summed E-state index contributed by atoms with van der Waals surface area (Å²) in [6, 6.07) is 11.5. The fourth-order valence-electron chi connectivity index (χ4n) is 8.21. The minimum absolute atomic E-state index is 0.190. The van der Waals surface area contributed by atoms with Gasteiger partial charge in [-0.05, 0) is 74.9 Å². The molecule has 9 nitrogen and oxygen atoms in total. The average Bonchev–Trinajstić information content (AvgIpc) is 3.63. The van der Waals surface area contributed by atoms with Crippen LogP contribution in [0.1, 0.15) is 47.9 Å². The molecule has 43 heavy (non-hydrogen) atoms. The van der Waals surface area contributed by atoms with Crippen LogP contribution in [0.2, 0.25) is 0 Å². The van der Waals surface area contributed by atoms with Crippen LogP contribution < -0.4 is 9.47 Å². The minimum atomic E-state index is -3.91. The van der Waals surface area contributed by atoms with Gasteiger partial charge < -0.3 is 23.9 Å². The molecule has 5 atom stereocenters. The van der Waals surface area contributed by atoms with Crippen molar-refractivity contribution in [3.63, 3.8) is 0 Å². The minimum Gasteiger partial charge on any atom is -0.493 e. The molecule has 3 heterocycles. The Labute approximate surface area is 251 Å². The van der Waals surface area contributed by atoms with Gasteiger partial charge in [-0.25, -0.2) is 8.42 Å². The maximum absolute atomic E-state index is 14.2. The number of benzene rings is 2. The van der Waals surface area contributed by atoms with Crippen molar-refractivity contribution in [2.75, 3.05) is 20.7 Å². The highest BCUT2D eigenvalue weighted by atomic mass is 32.2. The van der Waals surface area contributed by atoms with Crippen molar-refractivity contribution in [2.24, 2.45) is 0 Å². The number of methoxy groups -OCH3 is 1. The van der Waals surface area contributed by atoms with E-state index < -0.39 is 33.2 Å². The lowest BCUT2D eigenvalue weighted by Crippen LogP contribution is -2.74. The highest BCUT2D eigenvalue weighted by molar-refractivity contribution is 7.89. The monoisotopic (exact) mass is 604 g/mol. The third-order valence-corrected chi connectivity index (χ3v) is 12.2. The molecule has 7 rings (SSSR count). The lowest BCUT2D eigenvalue weighted by atomic mass is 9.50. The Kier molecular flexibility index (Phi) is 6.54. The van der Waals surface area contributed by atoms with Gasteiger partial charge in [0.15, 0.2) is 11.5 Å². The molecule has 0 unspecified atom stereocenters. The number of sulfonamides is 1. The maximum Gasteiger partial charge on any atom is 0.246 e. The zero-order valence-corrected chi connectivity index (χ0v) is 25.3. The molecular formula is C33H36N2O7S. The zero-order chi connectivity index (χ0) is 30.1. The van der Waals surface area contributed by atoms with Crippen molar-refractivity contribution in [1.82, 2.24) is 9.21 Å². The van der Waals surface area contributed by atoms with E-state index in [0.29, 0.717) is 43.6 Å². The molecular weight excluding hydrogens is 568 g/mol. The lowest BCUT2D eigenvalue weighted by Gasteiger charge is -2.59. The van der Waals surface area contributed by atoms with Gasteiger partial charge in [-0.2, -0.15) is 4.31 Å². The number of hydrogen-bond acceptors (Lipinski definition) is 7. The second-order valence-electron chi connectivity index (χ2n) is 12.3. The Morgan fingerprint density at radius 1 is 1.16 bits per heavy atom. The molecule has 226 valence electrons. The molecule has 2 bridgehead atoms. The summed E-state index contributed by atoms with van der Waals surface area (Å²) in [6.45, 7) is 2.21. The third kappa shape index (κ3) is 3.96. The van der Waals surface area contributed by atoms with Crippen LogP contribution in [-0.2, 0) is 26.7 Å².